The summed E-state index contributed by atoms with van der Waals surface area (Å²) in [5.74, 6) is 0.671. The first-order valence-corrected chi connectivity index (χ1v) is 11.6. The third-order valence-corrected chi connectivity index (χ3v) is 6.97. The van der Waals surface area contributed by atoms with Crippen molar-refractivity contribution in [3.63, 3.8) is 0 Å². The average Bonchev–Trinajstić information content (AvgIpc) is 3.08. The number of nitrogens with two attached hydrogens (primary N) is 1. The molecule has 0 fully saturated rings. The lowest BCUT2D eigenvalue weighted by Crippen LogP contribution is -2.28. The number of aromatic nitrogens is 2. The maximum absolute atomic E-state index is 12.8. The van der Waals surface area contributed by atoms with Crippen molar-refractivity contribution < 1.29 is 13.2 Å². The molecule has 0 saturated heterocycles. The van der Waals surface area contributed by atoms with Crippen molar-refractivity contribution >= 4 is 38.3 Å². The van der Waals surface area contributed by atoms with Gasteiger partial charge in [-0.3, -0.25) is 4.57 Å². The number of halogens is 1. The van der Waals surface area contributed by atoms with Crippen LogP contribution in [0.5, 0.6) is 11.8 Å². The first-order valence-electron chi connectivity index (χ1n) is 9.08. The highest BCUT2D eigenvalue weighted by atomic mass is 127. The van der Waals surface area contributed by atoms with Crippen LogP contribution in [0.2, 0.25) is 0 Å². The second kappa shape index (κ2) is 8.72. The zero-order valence-corrected chi connectivity index (χ0v) is 19.4. The predicted octanol–water partition coefficient (Wildman–Crippen LogP) is 4.23. The molecular weight excluding hydrogens is 503 g/mol. The highest BCUT2D eigenvalue weighted by molar-refractivity contribution is 14.1. The van der Waals surface area contributed by atoms with Crippen molar-refractivity contribution in [2.45, 2.75) is 38.3 Å². The highest BCUT2D eigenvalue weighted by Crippen LogP contribution is 2.26. The molecule has 1 unspecified atom stereocenters. The summed E-state index contributed by atoms with van der Waals surface area (Å²) in [4.78, 5) is 4.47. The van der Waals surface area contributed by atoms with Crippen LogP contribution in [0.15, 0.2) is 53.6 Å². The Morgan fingerprint density at radius 2 is 1.93 bits per heavy atom. The second-order valence-corrected chi connectivity index (χ2v) is 9.53. The van der Waals surface area contributed by atoms with Gasteiger partial charge in [0.25, 0.3) is 0 Å². The quantitative estimate of drug-likeness (QED) is 0.355. The molecule has 7 nitrogen and oxygen atoms in total. The molecule has 1 aromatic heterocycles. The molecule has 3 aromatic rings. The second-order valence-electron chi connectivity index (χ2n) is 6.65. The Balaban J connectivity index is 1.83. The van der Waals surface area contributed by atoms with Gasteiger partial charge in [-0.2, -0.15) is 0 Å². The third kappa shape index (κ3) is 4.90. The molecule has 0 aliphatic carbocycles. The van der Waals surface area contributed by atoms with Crippen LogP contribution in [0.25, 0.3) is 0 Å². The van der Waals surface area contributed by atoms with Crippen molar-refractivity contribution in [2.24, 2.45) is 0 Å². The number of hydrogen-bond acceptors (Lipinski definition) is 5. The van der Waals surface area contributed by atoms with E-state index >= 15 is 0 Å². The van der Waals surface area contributed by atoms with E-state index in [1.807, 2.05) is 42.7 Å². The van der Waals surface area contributed by atoms with Crippen LogP contribution >= 0.6 is 22.6 Å². The number of hydrogen-bond donors (Lipinski definition) is 2. The van der Waals surface area contributed by atoms with Gasteiger partial charge in [0.15, 0.2) is 0 Å². The van der Waals surface area contributed by atoms with E-state index in [9.17, 15) is 8.42 Å². The summed E-state index contributed by atoms with van der Waals surface area (Å²) in [7, 11) is -3.74. The molecule has 0 bridgehead atoms. The van der Waals surface area contributed by atoms with Gasteiger partial charge in [0.2, 0.25) is 10.0 Å². The normalized spacial score (nSPS) is 12.7. The summed E-state index contributed by atoms with van der Waals surface area (Å²) in [5, 5.41) is 0. The van der Waals surface area contributed by atoms with Gasteiger partial charge in [-0.1, -0.05) is 17.7 Å². The van der Waals surface area contributed by atoms with Crippen LogP contribution in [0.1, 0.15) is 31.1 Å². The van der Waals surface area contributed by atoms with E-state index in [0.717, 1.165) is 9.13 Å². The number of anilines is 1. The number of nitrogens with one attached hydrogen (secondary N) is 1. The fourth-order valence-electron chi connectivity index (χ4n) is 2.88. The Morgan fingerprint density at radius 1 is 1.24 bits per heavy atom. The summed E-state index contributed by atoms with van der Waals surface area (Å²) in [6.45, 7) is 6.31. The molecule has 0 radical (unpaired) electrons. The van der Waals surface area contributed by atoms with Crippen LogP contribution < -0.4 is 15.2 Å². The van der Waals surface area contributed by atoms with Gasteiger partial charge in [-0.25, -0.2) is 18.1 Å². The number of sulfonamides is 1. The number of imidazole rings is 1. The van der Waals surface area contributed by atoms with E-state index < -0.39 is 16.1 Å². The van der Waals surface area contributed by atoms with E-state index in [-0.39, 0.29) is 4.90 Å². The smallest absolute Gasteiger partial charge is 0.302 e. The molecule has 0 aliphatic heterocycles. The Morgan fingerprint density at radius 3 is 2.55 bits per heavy atom. The van der Waals surface area contributed by atoms with Crippen molar-refractivity contribution in [2.75, 3.05) is 5.73 Å². The average molecular weight is 526 g/mol. The molecule has 0 spiro atoms. The minimum atomic E-state index is -3.74. The molecule has 29 heavy (non-hydrogen) atoms. The summed E-state index contributed by atoms with van der Waals surface area (Å²) in [6.07, 6.45) is 1.63. The van der Waals surface area contributed by atoms with Crippen LogP contribution in [0.4, 0.5) is 5.69 Å². The molecule has 154 valence electrons. The van der Waals surface area contributed by atoms with Gasteiger partial charge in [-0.05, 0) is 73.7 Å². The van der Waals surface area contributed by atoms with Gasteiger partial charge in [0.05, 0.1) is 22.8 Å². The fourth-order valence-corrected chi connectivity index (χ4v) is 4.46. The SMILES string of the molecule is CCn1c(C(C)NS(=O)(=O)c2ccc(I)c(N)c2)cnc1Oc1ccc(C)cc1. The third-order valence-electron chi connectivity index (χ3n) is 4.45. The molecule has 2 aromatic carbocycles. The van der Waals surface area contributed by atoms with E-state index in [1.54, 1.807) is 19.2 Å². The highest BCUT2D eigenvalue weighted by Gasteiger charge is 2.23. The molecule has 0 saturated carbocycles. The van der Waals surface area contributed by atoms with Gasteiger partial charge in [-0.15, -0.1) is 0 Å². The molecular formula is C20H23IN4O3S. The standard InChI is InChI=1S/C20H23IN4O3S/c1-4-25-19(12-23-20(25)28-15-7-5-13(2)6-8-15)14(3)24-29(26,27)16-9-10-17(21)18(22)11-16/h5-12,14,24H,4,22H2,1-3H3. The summed E-state index contributed by atoms with van der Waals surface area (Å²) in [5.41, 5.74) is 8.13. The van der Waals surface area contributed by atoms with Crippen molar-refractivity contribution in [1.82, 2.24) is 14.3 Å². The van der Waals surface area contributed by atoms with Crippen molar-refractivity contribution in [1.29, 1.82) is 0 Å². The molecule has 3 rings (SSSR count). The lowest BCUT2D eigenvalue weighted by Gasteiger charge is -2.17. The van der Waals surface area contributed by atoms with Crippen LogP contribution in [-0.2, 0) is 16.6 Å². The van der Waals surface area contributed by atoms with E-state index in [2.05, 4.69) is 32.3 Å². The molecule has 9 heteroatoms. The Kier molecular flexibility index (Phi) is 6.49. The number of nitrogen functional groups attached to an aromatic ring is 1. The fraction of sp³-hybridized carbons (Fsp3) is 0.250. The molecule has 3 N–H and O–H groups in total. The number of rotatable bonds is 7. The minimum absolute atomic E-state index is 0.126. The van der Waals surface area contributed by atoms with E-state index in [4.69, 9.17) is 10.5 Å². The van der Waals surface area contributed by atoms with Gasteiger partial charge in [0.1, 0.15) is 5.75 Å². The van der Waals surface area contributed by atoms with Crippen LogP contribution in [-0.4, -0.2) is 18.0 Å². The summed E-state index contributed by atoms with van der Waals surface area (Å²) < 4.78 is 36.8. The monoisotopic (exact) mass is 526 g/mol. The molecule has 0 amide bonds. The molecule has 0 aliphatic rings. The minimum Gasteiger partial charge on any atom is -0.426 e. The number of benzene rings is 2. The van der Waals surface area contributed by atoms with Crippen LogP contribution in [0, 0.1) is 10.5 Å². The Bertz CT molecular complexity index is 1110. The largest absolute Gasteiger partial charge is 0.426 e. The van der Waals surface area contributed by atoms with Gasteiger partial charge >= 0.3 is 6.01 Å². The predicted molar refractivity (Wildman–Crippen MR) is 121 cm³/mol. The summed E-state index contributed by atoms with van der Waals surface area (Å²) in [6, 6.07) is 12.2. The molecule has 1 atom stereocenters. The van der Waals surface area contributed by atoms with E-state index in [1.165, 1.54) is 12.1 Å². The molecule has 1 heterocycles. The van der Waals surface area contributed by atoms with Crippen molar-refractivity contribution in [3.8, 4) is 11.8 Å². The first kappa shape index (κ1) is 21.6. The van der Waals surface area contributed by atoms with Crippen LogP contribution in [0.3, 0.4) is 0 Å². The Hall–Kier alpha value is -2.11. The van der Waals surface area contributed by atoms with Gasteiger partial charge in [0, 0.05) is 15.8 Å². The summed E-state index contributed by atoms with van der Waals surface area (Å²) >= 11 is 2.06. The lowest BCUT2D eigenvalue weighted by atomic mass is 10.2. The maximum Gasteiger partial charge on any atom is 0.302 e. The zero-order valence-electron chi connectivity index (χ0n) is 16.4. The van der Waals surface area contributed by atoms with Gasteiger partial charge < -0.3 is 10.5 Å². The maximum atomic E-state index is 12.8. The number of nitrogens with zero attached hydrogens (tertiary/aromatic N) is 2. The topological polar surface area (TPSA) is 99.2 Å². The first-order chi connectivity index (χ1) is 13.7. The number of aryl methyl sites for hydroxylation is 1. The lowest BCUT2D eigenvalue weighted by molar-refractivity contribution is 0.408. The zero-order chi connectivity index (χ0) is 21.2. The Labute approximate surface area is 184 Å². The van der Waals surface area contributed by atoms with E-state index in [0.29, 0.717) is 29.7 Å². The number of ether oxygens (including phenoxy) is 1. The van der Waals surface area contributed by atoms with Crippen molar-refractivity contribution in [3.05, 3.63) is 63.5 Å².